The normalized spacial score (nSPS) is 11.6. The minimum absolute atomic E-state index is 0.446. The Balaban J connectivity index is 1.83. The number of nitrogens with one attached hydrogen (secondary N) is 2. The van der Waals surface area contributed by atoms with Gasteiger partial charge in [-0.1, -0.05) is 18.2 Å². The summed E-state index contributed by atoms with van der Waals surface area (Å²) < 4.78 is 5.26. The quantitative estimate of drug-likeness (QED) is 0.387. The van der Waals surface area contributed by atoms with Gasteiger partial charge in [0.05, 0.1) is 6.54 Å². The topological polar surface area (TPSA) is 101 Å². The molecule has 1 aromatic carbocycles. The maximum Gasteiger partial charge on any atom is 0.188 e. The molecule has 1 aromatic heterocycles. The summed E-state index contributed by atoms with van der Waals surface area (Å²) in [6.45, 7) is 4.73. The molecule has 0 fully saturated rings. The first-order valence-corrected chi connectivity index (χ1v) is 7.36. The van der Waals surface area contributed by atoms with Gasteiger partial charge in [0.1, 0.15) is 6.33 Å². The second kappa shape index (κ2) is 8.78. The van der Waals surface area contributed by atoms with Crippen LogP contribution in [0, 0.1) is 0 Å². The molecule has 2 aromatic rings. The molecule has 0 saturated carbocycles. The molecule has 0 spiro atoms. The number of nitrogens with two attached hydrogens (primary N) is 1. The molecule has 2 rings (SSSR count). The van der Waals surface area contributed by atoms with E-state index in [2.05, 4.69) is 25.5 Å². The minimum atomic E-state index is 0.446. The van der Waals surface area contributed by atoms with Crippen LogP contribution in [0.1, 0.15) is 18.9 Å². The molecule has 4 N–H and O–H groups in total. The van der Waals surface area contributed by atoms with Crippen molar-refractivity contribution in [1.82, 2.24) is 20.5 Å². The van der Waals surface area contributed by atoms with E-state index in [-0.39, 0.29) is 0 Å². The molecule has 0 atom stereocenters. The van der Waals surface area contributed by atoms with Crippen LogP contribution in [0.25, 0.3) is 11.4 Å². The van der Waals surface area contributed by atoms with Crippen molar-refractivity contribution in [3.8, 4) is 11.4 Å². The zero-order valence-electron chi connectivity index (χ0n) is 12.7. The van der Waals surface area contributed by atoms with Crippen molar-refractivity contribution in [2.24, 2.45) is 10.7 Å². The first kappa shape index (κ1) is 16.0. The van der Waals surface area contributed by atoms with E-state index in [0.717, 1.165) is 43.1 Å². The summed E-state index contributed by atoms with van der Waals surface area (Å²) in [5, 5.41) is 9.77. The molecule has 1 heterocycles. The highest BCUT2D eigenvalue weighted by Gasteiger charge is 2.01. The van der Waals surface area contributed by atoms with Gasteiger partial charge in [0.25, 0.3) is 0 Å². The molecule has 0 bridgehead atoms. The van der Waals surface area contributed by atoms with Crippen molar-refractivity contribution in [2.75, 3.05) is 19.8 Å². The van der Waals surface area contributed by atoms with E-state index in [1.807, 2.05) is 31.2 Å². The average molecular weight is 302 g/mol. The number of benzene rings is 1. The Kier molecular flexibility index (Phi) is 6.38. The largest absolute Gasteiger partial charge is 0.382 e. The van der Waals surface area contributed by atoms with Crippen LogP contribution in [-0.2, 0) is 11.3 Å². The fraction of sp³-hybridized carbons (Fsp3) is 0.400. The van der Waals surface area contributed by atoms with Crippen LogP contribution in [0.5, 0.6) is 0 Å². The third-order valence-corrected chi connectivity index (χ3v) is 3.02. The Bertz CT molecular complexity index is 581. The Labute approximate surface area is 130 Å². The monoisotopic (exact) mass is 302 g/mol. The second-order valence-corrected chi connectivity index (χ2v) is 4.71. The lowest BCUT2D eigenvalue weighted by Gasteiger charge is -2.06. The summed E-state index contributed by atoms with van der Waals surface area (Å²) in [5.41, 5.74) is 7.88. The molecule has 22 heavy (non-hydrogen) atoms. The van der Waals surface area contributed by atoms with E-state index < -0.39 is 0 Å². The molecule has 0 aliphatic rings. The Morgan fingerprint density at radius 3 is 3.14 bits per heavy atom. The number of hydrogen-bond acceptors (Lipinski definition) is 4. The summed E-state index contributed by atoms with van der Waals surface area (Å²) in [4.78, 5) is 8.47. The lowest BCUT2D eigenvalue weighted by molar-refractivity contribution is 0.145. The molecule has 118 valence electrons. The van der Waals surface area contributed by atoms with Crippen molar-refractivity contribution < 1.29 is 4.74 Å². The Morgan fingerprint density at radius 1 is 1.45 bits per heavy atom. The number of hydrogen-bond donors (Lipinski definition) is 3. The number of ether oxygens (including phenoxy) is 1. The minimum Gasteiger partial charge on any atom is -0.382 e. The smallest absolute Gasteiger partial charge is 0.188 e. The van der Waals surface area contributed by atoms with Crippen molar-refractivity contribution in [3.63, 3.8) is 0 Å². The molecule has 7 nitrogen and oxygen atoms in total. The number of aromatic amines is 1. The van der Waals surface area contributed by atoms with Gasteiger partial charge in [0, 0.05) is 25.3 Å². The van der Waals surface area contributed by atoms with Crippen LogP contribution in [0.2, 0.25) is 0 Å². The highest BCUT2D eigenvalue weighted by atomic mass is 16.5. The van der Waals surface area contributed by atoms with Crippen LogP contribution in [0.4, 0.5) is 0 Å². The maximum atomic E-state index is 5.84. The molecular formula is C15H22N6O. The Hall–Kier alpha value is -2.41. The van der Waals surface area contributed by atoms with Crippen molar-refractivity contribution in [2.45, 2.75) is 19.9 Å². The molecule has 0 radical (unpaired) electrons. The molecule has 0 saturated heterocycles. The van der Waals surface area contributed by atoms with Gasteiger partial charge in [-0.3, -0.25) is 5.10 Å². The summed E-state index contributed by atoms with van der Waals surface area (Å²) in [7, 11) is 0. The van der Waals surface area contributed by atoms with Crippen molar-refractivity contribution >= 4 is 5.96 Å². The van der Waals surface area contributed by atoms with E-state index in [0.29, 0.717) is 12.5 Å². The van der Waals surface area contributed by atoms with Gasteiger partial charge < -0.3 is 15.8 Å². The zero-order valence-corrected chi connectivity index (χ0v) is 12.7. The predicted molar refractivity (Wildman–Crippen MR) is 86.3 cm³/mol. The molecule has 0 amide bonds. The van der Waals surface area contributed by atoms with E-state index >= 15 is 0 Å². The number of rotatable bonds is 8. The van der Waals surface area contributed by atoms with Crippen LogP contribution in [-0.4, -0.2) is 40.9 Å². The highest BCUT2D eigenvalue weighted by molar-refractivity contribution is 5.77. The van der Waals surface area contributed by atoms with Crippen LogP contribution in [0.15, 0.2) is 35.6 Å². The van der Waals surface area contributed by atoms with Gasteiger partial charge in [0.15, 0.2) is 11.8 Å². The van der Waals surface area contributed by atoms with E-state index in [1.165, 1.54) is 6.33 Å². The molecule has 0 aliphatic heterocycles. The van der Waals surface area contributed by atoms with Gasteiger partial charge in [-0.15, -0.1) is 0 Å². The lowest BCUT2D eigenvalue weighted by Crippen LogP contribution is -2.32. The second-order valence-electron chi connectivity index (χ2n) is 4.71. The molecular weight excluding hydrogens is 280 g/mol. The van der Waals surface area contributed by atoms with Crippen LogP contribution < -0.4 is 11.1 Å². The maximum absolute atomic E-state index is 5.84. The first-order chi connectivity index (χ1) is 10.8. The summed E-state index contributed by atoms with van der Waals surface area (Å²) in [6, 6.07) is 7.97. The molecule has 7 heteroatoms. The number of nitrogens with zero attached hydrogens (tertiary/aromatic N) is 3. The van der Waals surface area contributed by atoms with Gasteiger partial charge in [-0.05, 0) is 25.0 Å². The van der Waals surface area contributed by atoms with Crippen molar-refractivity contribution in [3.05, 3.63) is 36.2 Å². The number of aromatic nitrogens is 3. The number of guanidine groups is 1. The fourth-order valence-corrected chi connectivity index (χ4v) is 1.93. The van der Waals surface area contributed by atoms with Gasteiger partial charge in [-0.2, -0.15) is 5.10 Å². The summed E-state index contributed by atoms with van der Waals surface area (Å²) >= 11 is 0. The van der Waals surface area contributed by atoms with E-state index in [4.69, 9.17) is 10.5 Å². The summed E-state index contributed by atoms with van der Waals surface area (Å²) in [6.07, 6.45) is 2.40. The zero-order chi connectivity index (χ0) is 15.6. The van der Waals surface area contributed by atoms with E-state index in [1.54, 1.807) is 0 Å². The van der Waals surface area contributed by atoms with Crippen LogP contribution in [0.3, 0.4) is 0 Å². The lowest BCUT2D eigenvalue weighted by atomic mass is 10.1. The Morgan fingerprint density at radius 2 is 2.36 bits per heavy atom. The molecule has 0 unspecified atom stereocenters. The third kappa shape index (κ3) is 5.17. The standard InChI is InChI=1S/C15H22N6O/c1-2-22-8-4-7-17-15(16)18-10-12-5-3-6-13(9-12)14-19-11-20-21-14/h3,5-6,9,11H,2,4,7-8,10H2,1H3,(H3,16,17,18)(H,19,20,21). The van der Waals surface area contributed by atoms with Gasteiger partial charge >= 0.3 is 0 Å². The fourth-order valence-electron chi connectivity index (χ4n) is 1.93. The first-order valence-electron chi connectivity index (χ1n) is 7.36. The number of aliphatic imine (C=N–C) groups is 1. The predicted octanol–water partition coefficient (Wildman–Crippen LogP) is 1.30. The van der Waals surface area contributed by atoms with Crippen LogP contribution >= 0.6 is 0 Å². The van der Waals surface area contributed by atoms with E-state index in [9.17, 15) is 0 Å². The number of H-pyrrole nitrogens is 1. The van der Waals surface area contributed by atoms with Gasteiger partial charge in [-0.25, -0.2) is 9.98 Å². The molecule has 0 aliphatic carbocycles. The SMILES string of the molecule is CCOCCCNC(N)=NCc1cccc(-c2ncn[nH]2)c1. The third-order valence-electron chi connectivity index (χ3n) is 3.02. The highest BCUT2D eigenvalue weighted by Crippen LogP contribution is 2.15. The van der Waals surface area contributed by atoms with Crippen molar-refractivity contribution in [1.29, 1.82) is 0 Å². The van der Waals surface area contributed by atoms with Gasteiger partial charge in [0.2, 0.25) is 0 Å². The average Bonchev–Trinajstić information content (AvgIpc) is 3.07. The summed E-state index contributed by atoms with van der Waals surface area (Å²) in [5.74, 6) is 1.19.